The van der Waals surface area contributed by atoms with Crippen LogP contribution in [0.3, 0.4) is 0 Å². The molecule has 2 unspecified atom stereocenters. The zero-order valence-corrected chi connectivity index (χ0v) is 15.4. The third kappa shape index (κ3) is 14.2. The van der Waals surface area contributed by atoms with Gasteiger partial charge in [0.05, 0.1) is 11.8 Å². The second kappa shape index (κ2) is 17.3. The number of hydrogen-bond acceptors (Lipinski definition) is 3. The van der Waals surface area contributed by atoms with Gasteiger partial charge in [0.25, 0.3) is 0 Å². The molecule has 0 radical (unpaired) electrons. The lowest BCUT2D eigenvalue weighted by Crippen LogP contribution is -2.30. The van der Waals surface area contributed by atoms with Gasteiger partial charge in [0.2, 0.25) is 0 Å². The smallest absolute Gasteiger partial charge is 0.307 e. The van der Waals surface area contributed by atoms with Crippen molar-refractivity contribution in [3.63, 3.8) is 0 Å². The quantitative estimate of drug-likeness (QED) is 0.441. The molecule has 0 fully saturated rings. The Kier molecular flexibility index (Phi) is 18.1. The molecular formula is C18H37NO4. The van der Waals surface area contributed by atoms with Crippen LogP contribution in [0.25, 0.3) is 0 Å². The molecule has 0 aromatic rings. The van der Waals surface area contributed by atoms with Crippen molar-refractivity contribution in [2.24, 2.45) is 11.8 Å². The Morgan fingerprint density at radius 2 is 1.09 bits per heavy atom. The second-order valence-corrected chi connectivity index (χ2v) is 5.84. The van der Waals surface area contributed by atoms with E-state index in [1.54, 1.807) is 0 Å². The molecule has 0 saturated carbocycles. The largest absolute Gasteiger partial charge is 0.481 e. The van der Waals surface area contributed by atoms with Gasteiger partial charge in [-0.3, -0.25) is 9.59 Å². The van der Waals surface area contributed by atoms with Gasteiger partial charge < -0.3 is 15.5 Å². The Morgan fingerprint density at radius 1 is 0.739 bits per heavy atom. The van der Waals surface area contributed by atoms with Crippen molar-refractivity contribution in [3.05, 3.63) is 0 Å². The fourth-order valence-electron chi connectivity index (χ4n) is 2.47. The predicted molar refractivity (Wildman–Crippen MR) is 94.8 cm³/mol. The number of carboxylic acids is 2. The van der Waals surface area contributed by atoms with Crippen molar-refractivity contribution in [1.29, 1.82) is 0 Å². The molecule has 0 aromatic heterocycles. The van der Waals surface area contributed by atoms with Gasteiger partial charge >= 0.3 is 11.9 Å². The van der Waals surface area contributed by atoms with Crippen LogP contribution in [-0.2, 0) is 9.59 Å². The van der Waals surface area contributed by atoms with E-state index in [0.29, 0.717) is 12.8 Å². The number of nitrogens with one attached hydrogen (secondary N) is 1. The molecule has 0 spiro atoms. The average molecular weight is 331 g/mol. The highest BCUT2D eigenvalue weighted by Gasteiger charge is 2.32. The third-order valence-electron chi connectivity index (χ3n) is 3.86. The summed E-state index contributed by atoms with van der Waals surface area (Å²) in [7, 11) is 0. The highest BCUT2D eigenvalue weighted by Crippen LogP contribution is 2.25. The van der Waals surface area contributed by atoms with Crippen molar-refractivity contribution in [3.8, 4) is 0 Å². The number of aliphatic carboxylic acids is 2. The minimum atomic E-state index is -0.963. The first kappa shape index (κ1) is 24.2. The molecule has 5 nitrogen and oxygen atoms in total. The van der Waals surface area contributed by atoms with E-state index in [1.165, 1.54) is 0 Å². The van der Waals surface area contributed by atoms with Crippen LogP contribution in [0.2, 0.25) is 0 Å². The average Bonchev–Trinajstić information content (AvgIpc) is 2.50. The summed E-state index contributed by atoms with van der Waals surface area (Å²) in [5, 5.41) is 21.5. The van der Waals surface area contributed by atoms with E-state index in [4.69, 9.17) is 0 Å². The molecule has 5 heteroatoms. The van der Waals surface area contributed by atoms with Crippen molar-refractivity contribution in [2.75, 3.05) is 13.1 Å². The summed E-state index contributed by atoms with van der Waals surface area (Å²) < 4.78 is 0. The van der Waals surface area contributed by atoms with Gasteiger partial charge in [-0.05, 0) is 25.9 Å². The first-order valence-corrected chi connectivity index (χ1v) is 9.12. The van der Waals surface area contributed by atoms with E-state index in [1.807, 2.05) is 13.8 Å². The molecule has 2 atom stereocenters. The van der Waals surface area contributed by atoms with E-state index in [0.717, 1.165) is 51.6 Å². The second-order valence-electron chi connectivity index (χ2n) is 5.84. The Hall–Kier alpha value is -1.10. The van der Waals surface area contributed by atoms with E-state index in [-0.39, 0.29) is 0 Å². The maximum Gasteiger partial charge on any atom is 0.307 e. The Bertz CT molecular complexity index is 267. The molecule has 0 saturated heterocycles. The van der Waals surface area contributed by atoms with Crippen LogP contribution in [0.15, 0.2) is 0 Å². The molecule has 0 aliphatic rings. The summed E-state index contributed by atoms with van der Waals surface area (Å²) in [6, 6.07) is 0. The van der Waals surface area contributed by atoms with Gasteiger partial charge in [0, 0.05) is 0 Å². The molecule has 0 aliphatic carbocycles. The van der Waals surface area contributed by atoms with Gasteiger partial charge in [-0.1, -0.05) is 66.2 Å². The lowest BCUT2D eigenvalue weighted by molar-refractivity contribution is -0.154. The predicted octanol–water partition coefficient (Wildman–Crippen LogP) is 4.16. The van der Waals surface area contributed by atoms with Crippen LogP contribution in [0.5, 0.6) is 0 Å². The van der Waals surface area contributed by atoms with Gasteiger partial charge in [0.1, 0.15) is 0 Å². The normalized spacial score (nSPS) is 12.9. The van der Waals surface area contributed by atoms with E-state index < -0.39 is 23.8 Å². The Morgan fingerprint density at radius 3 is 1.26 bits per heavy atom. The molecule has 0 rings (SSSR count). The van der Waals surface area contributed by atoms with Crippen LogP contribution in [0, 0.1) is 11.8 Å². The summed E-state index contributed by atoms with van der Waals surface area (Å²) in [6.07, 6.45) is 6.50. The maximum absolute atomic E-state index is 11.2. The summed E-state index contributed by atoms with van der Waals surface area (Å²) in [4.78, 5) is 22.4. The Balaban J connectivity index is 0. The van der Waals surface area contributed by atoms with Crippen molar-refractivity contribution in [2.45, 2.75) is 79.1 Å². The number of unbranched alkanes of at least 4 members (excludes halogenated alkanes) is 4. The zero-order valence-electron chi connectivity index (χ0n) is 15.4. The summed E-state index contributed by atoms with van der Waals surface area (Å²) in [5.74, 6) is -3.39. The minimum Gasteiger partial charge on any atom is -0.481 e. The van der Waals surface area contributed by atoms with Gasteiger partial charge in [-0.25, -0.2) is 0 Å². The van der Waals surface area contributed by atoms with Crippen molar-refractivity contribution >= 4 is 11.9 Å². The summed E-state index contributed by atoms with van der Waals surface area (Å²) in [6.45, 7) is 10.5. The highest BCUT2D eigenvalue weighted by atomic mass is 16.4. The summed E-state index contributed by atoms with van der Waals surface area (Å²) in [5.41, 5.74) is 0. The fourth-order valence-corrected chi connectivity index (χ4v) is 2.47. The van der Waals surface area contributed by atoms with Crippen molar-refractivity contribution in [1.82, 2.24) is 5.32 Å². The number of hydrogen-bond donors (Lipinski definition) is 3. The van der Waals surface area contributed by atoms with E-state index in [2.05, 4.69) is 19.2 Å². The van der Waals surface area contributed by atoms with Gasteiger partial charge in [0.15, 0.2) is 0 Å². The highest BCUT2D eigenvalue weighted by molar-refractivity contribution is 5.79. The fraction of sp³-hybridized carbons (Fsp3) is 0.889. The first-order valence-electron chi connectivity index (χ1n) is 9.12. The standard InChI is InChI=1S/C14H26O4.C4H11N/c1-3-5-7-9-11(13(15)16)12(14(17)18)10-8-6-4-2;1-3-5-4-2/h11-12H,3-10H2,1-2H3,(H,15,16)(H,17,18);5H,3-4H2,1-2H3. The Labute approximate surface area is 141 Å². The molecule has 0 amide bonds. The van der Waals surface area contributed by atoms with Crippen LogP contribution in [0.1, 0.15) is 79.1 Å². The third-order valence-corrected chi connectivity index (χ3v) is 3.86. The first-order chi connectivity index (χ1) is 11.0. The molecule has 138 valence electrons. The van der Waals surface area contributed by atoms with E-state index >= 15 is 0 Å². The van der Waals surface area contributed by atoms with Crippen molar-refractivity contribution < 1.29 is 19.8 Å². The monoisotopic (exact) mass is 331 g/mol. The molecule has 0 aromatic carbocycles. The number of carbonyl (C=O) groups is 2. The summed E-state index contributed by atoms with van der Waals surface area (Å²) >= 11 is 0. The minimum absolute atomic E-state index is 0.478. The number of rotatable bonds is 13. The molecule has 0 heterocycles. The van der Waals surface area contributed by atoms with Crippen LogP contribution in [0.4, 0.5) is 0 Å². The topological polar surface area (TPSA) is 86.6 Å². The number of carboxylic acid groups (broad SMARTS) is 2. The zero-order chi connectivity index (χ0) is 18.1. The lowest BCUT2D eigenvalue weighted by Gasteiger charge is -2.20. The van der Waals surface area contributed by atoms with Crippen LogP contribution >= 0.6 is 0 Å². The van der Waals surface area contributed by atoms with Crippen LogP contribution in [-0.4, -0.2) is 35.2 Å². The van der Waals surface area contributed by atoms with Gasteiger partial charge in [-0.2, -0.15) is 0 Å². The molecule has 0 bridgehead atoms. The van der Waals surface area contributed by atoms with Gasteiger partial charge in [-0.15, -0.1) is 0 Å². The van der Waals surface area contributed by atoms with Crippen LogP contribution < -0.4 is 5.32 Å². The maximum atomic E-state index is 11.2. The molecule has 0 aliphatic heterocycles. The molecule has 3 N–H and O–H groups in total. The molecular weight excluding hydrogens is 294 g/mol. The van der Waals surface area contributed by atoms with E-state index in [9.17, 15) is 19.8 Å². The SMILES string of the molecule is CCCCCC(C(=O)O)C(CCCCC)C(=O)O.CCNCC. The molecule has 23 heavy (non-hydrogen) atoms. The lowest BCUT2D eigenvalue weighted by atomic mass is 9.84.